The summed E-state index contributed by atoms with van der Waals surface area (Å²) in [7, 11) is 0. The standard InChI is InChI=1S/C53H36BN3O/c1-35-27-29-39(30-28-35)55(36-15-5-2-6-16-36)45-32-31-40-42-33-51-44(34-49(42)57(38-19-9-4-10-20-38)47-24-13-21-41(45)52(40)47)54-43-22-11-12-23-46(43)56(37-17-7-3-8-18-37)48-25-14-26-50(58-51)53(48)54/h2-34H,1H3. The van der Waals surface area contributed by atoms with Crippen LogP contribution in [0.2, 0.25) is 0 Å². The van der Waals surface area contributed by atoms with Gasteiger partial charge in [-0.1, -0.05) is 115 Å². The van der Waals surface area contributed by atoms with E-state index < -0.39 is 0 Å². The summed E-state index contributed by atoms with van der Waals surface area (Å²) in [6.07, 6.45) is 0. The first-order chi connectivity index (χ1) is 28.7. The molecule has 0 amide bonds. The average Bonchev–Trinajstić information content (AvgIpc) is 3.28. The molecule has 272 valence electrons. The fourth-order valence-electron chi connectivity index (χ4n) is 9.58. The average molecular weight is 742 g/mol. The summed E-state index contributed by atoms with van der Waals surface area (Å²) in [4.78, 5) is 7.23. The lowest BCUT2D eigenvalue weighted by Gasteiger charge is -2.41. The monoisotopic (exact) mass is 741 g/mol. The molecule has 9 aromatic rings. The van der Waals surface area contributed by atoms with Gasteiger partial charge in [-0.15, -0.1) is 0 Å². The van der Waals surface area contributed by atoms with Gasteiger partial charge in [-0.2, -0.15) is 0 Å². The summed E-state index contributed by atoms with van der Waals surface area (Å²) in [5.74, 6) is 1.80. The molecule has 0 aliphatic carbocycles. The topological polar surface area (TPSA) is 19.0 Å². The van der Waals surface area contributed by atoms with Crippen molar-refractivity contribution in [2.24, 2.45) is 0 Å². The Bertz CT molecular complexity index is 3060. The Labute approximate surface area is 338 Å². The molecule has 3 aliphatic rings. The second-order valence-electron chi connectivity index (χ2n) is 15.4. The second kappa shape index (κ2) is 12.8. The third kappa shape index (κ3) is 4.83. The van der Waals surface area contributed by atoms with E-state index in [1.165, 1.54) is 44.0 Å². The Morgan fingerprint density at radius 1 is 0.448 bits per heavy atom. The lowest BCUT2D eigenvalue weighted by Crippen LogP contribution is -2.59. The van der Waals surface area contributed by atoms with E-state index in [2.05, 4.69) is 222 Å². The maximum Gasteiger partial charge on any atom is 0.256 e. The molecule has 0 saturated carbocycles. The van der Waals surface area contributed by atoms with E-state index in [1.54, 1.807) is 0 Å². The van der Waals surface area contributed by atoms with Crippen LogP contribution in [0.25, 0.3) is 21.9 Å². The highest BCUT2D eigenvalue weighted by molar-refractivity contribution is 6.99. The normalized spacial score (nSPS) is 12.9. The summed E-state index contributed by atoms with van der Waals surface area (Å²) < 4.78 is 7.05. The van der Waals surface area contributed by atoms with Crippen molar-refractivity contribution in [1.29, 1.82) is 0 Å². The molecular weight excluding hydrogens is 705 g/mol. The zero-order chi connectivity index (χ0) is 38.3. The van der Waals surface area contributed by atoms with E-state index in [-0.39, 0.29) is 6.71 Å². The summed E-state index contributed by atoms with van der Waals surface area (Å²) in [6.45, 7) is 2.13. The number of ether oxygens (including phenoxy) is 1. The fraction of sp³-hybridized carbons (Fsp3) is 0.0189. The molecule has 12 rings (SSSR count). The van der Waals surface area contributed by atoms with Gasteiger partial charge in [0, 0.05) is 50.5 Å². The van der Waals surface area contributed by atoms with Gasteiger partial charge in [0.2, 0.25) is 0 Å². The first-order valence-corrected chi connectivity index (χ1v) is 20.0. The number of rotatable bonds is 5. The van der Waals surface area contributed by atoms with Gasteiger partial charge in [-0.05, 0) is 120 Å². The molecule has 0 atom stereocenters. The van der Waals surface area contributed by atoms with Gasteiger partial charge < -0.3 is 19.4 Å². The zero-order valence-electron chi connectivity index (χ0n) is 31.9. The molecule has 4 nitrogen and oxygen atoms in total. The van der Waals surface area contributed by atoms with Crippen molar-refractivity contribution in [3.05, 3.63) is 206 Å². The highest BCUT2D eigenvalue weighted by Crippen LogP contribution is 2.54. The van der Waals surface area contributed by atoms with Crippen molar-refractivity contribution in [2.45, 2.75) is 6.92 Å². The molecule has 0 radical (unpaired) electrons. The Hall–Kier alpha value is -7.50. The van der Waals surface area contributed by atoms with Crippen LogP contribution in [-0.2, 0) is 0 Å². The van der Waals surface area contributed by atoms with Crippen LogP contribution < -0.4 is 35.8 Å². The van der Waals surface area contributed by atoms with Crippen LogP contribution >= 0.6 is 0 Å². The Morgan fingerprint density at radius 3 is 1.83 bits per heavy atom. The van der Waals surface area contributed by atoms with E-state index in [4.69, 9.17) is 4.74 Å². The van der Waals surface area contributed by atoms with Gasteiger partial charge in [0.15, 0.2) is 0 Å². The molecule has 0 unspecified atom stereocenters. The molecule has 5 heteroatoms. The lowest BCUT2D eigenvalue weighted by atomic mass is 9.34. The molecule has 0 fully saturated rings. The van der Waals surface area contributed by atoms with Crippen LogP contribution in [0.3, 0.4) is 0 Å². The highest BCUT2D eigenvalue weighted by atomic mass is 16.5. The van der Waals surface area contributed by atoms with Crippen LogP contribution in [-0.4, -0.2) is 6.71 Å². The Morgan fingerprint density at radius 2 is 1.07 bits per heavy atom. The van der Waals surface area contributed by atoms with Crippen molar-refractivity contribution in [2.75, 3.05) is 14.7 Å². The molecule has 0 aromatic heterocycles. The van der Waals surface area contributed by atoms with E-state index in [0.29, 0.717) is 0 Å². The summed E-state index contributed by atoms with van der Waals surface area (Å²) in [5.41, 5.74) is 17.4. The van der Waals surface area contributed by atoms with Gasteiger partial charge in [-0.25, -0.2) is 0 Å². The predicted octanol–water partition coefficient (Wildman–Crippen LogP) is 12.5. The van der Waals surface area contributed by atoms with E-state index in [1.807, 2.05) is 0 Å². The van der Waals surface area contributed by atoms with Crippen molar-refractivity contribution in [1.82, 2.24) is 0 Å². The summed E-state index contributed by atoms with van der Waals surface area (Å²) in [5, 5.41) is 2.39. The van der Waals surface area contributed by atoms with Gasteiger partial charge in [0.1, 0.15) is 11.5 Å². The van der Waals surface area contributed by atoms with Crippen LogP contribution in [0.1, 0.15) is 5.56 Å². The minimum absolute atomic E-state index is 0.0115. The number of benzene rings is 9. The minimum Gasteiger partial charge on any atom is -0.458 e. The summed E-state index contributed by atoms with van der Waals surface area (Å²) in [6, 6.07) is 72.5. The van der Waals surface area contributed by atoms with Crippen LogP contribution in [0.5, 0.6) is 11.5 Å². The lowest BCUT2D eigenvalue weighted by molar-refractivity contribution is 0.488. The van der Waals surface area contributed by atoms with Crippen molar-refractivity contribution in [3.8, 4) is 22.6 Å². The van der Waals surface area contributed by atoms with Crippen molar-refractivity contribution < 1.29 is 4.74 Å². The van der Waals surface area contributed by atoms with Crippen LogP contribution in [0, 0.1) is 6.92 Å². The fourth-order valence-corrected chi connectivity index (χ4v) is 9.58. The molecule has 0 bridgehead atoms. The number of hydrogen-bond donors (Lipinski definition) is 0. The maximum absolute atomic E-state index is 7.05. The molecule has 3 heterocycles. The molecule has 58 heavy (non-hydrogen) atoms. The largest absolute Gasteiger partial charge is 0.458 e. The number of aryl methyl sites for hydroxylation is 1. The second-order valence-corrected chi connectivity index (χ2v) is 15.4. The maximum atomic E-state index is 7.05. The summed E-state index contributed by atoms with van der Waals surface area (Å²) >= 11 is 0. The van der Waals surface area contributed by atoms with Gasteiger partial charge in [-0.3, -0.25) is 0 Å². The molecule has 0 saturated heterocycles. The van der Waals surface area contributed by atoms with Gasteiger partial charge in [0.05, 0.1) is 17.1 Å². The Kier molecular flexibility index (Phi) is 7.20. The van der Waals surface area contributed by atoms with Crippen LogP contribution in [0.4, 0.5) is 51.2 Å². The smallest absolute Gasteiger partial charge is 0.256 e. The minimum atomic E-state index is -0.0115. The molecule has 3 aliphatic heterocycles. The molecule has 9 aromatic carbocycles. The van der Waals surface area contributed by atoms with Crippen molar-refractivity contribution >= 4 is 85.1 Å². The highest BCUT2D eigenvalue weighted by Gasteiger charge is 2.43. The van der Waals surface area contributed by atoms with Gasteiger partial charge in [0.25, 0.3) is 6.71 Å². The third-order valence-electron chi connectivity index (χ3n) is 12.1. The molecule has 0 spiro atoms. The number of fused-ring (bicyclic) bond motifs is 6. The number of hydrogen-bond acceptors (Lipinski definition) is 4. The Balaban J connectivity index is 1.11. The van der Waals surface area contributed by atoms with E-state index >= 15 is 0 Å². The molecule has 0 N–H and O–H groups in total. The first kappa shape index (κ1) is 32.7. The van der Waals surface area contributed by atoms with E-state index in [9.17, 15) is 0 Å². The van der Waals surface area contributed by atoms with E-state index in [0.717, 1.165) is 62.6 Å². The SMILES string of the molecule is Cc1ccc(N(c2ccccc2)c2ccc3c4c(cccc24)N(c2ccccc2)c2cc4c(cc2-3)Oc2cccc3c2B4c2ccccc2N3c2ccccc2)cc1. The molecular formula is C53H36BN3O. The number of nitrogens with zero attached hydrogens (tertiary/aromatic N) is 3. The van der Waals surface area contributed by atoms with Gasteiger partial charge >= 0.3 is 0 Å². The van der Waals surface area contributed by atoms with Crippen molar-refractivity contribution in [3.63, 3.8) is 0 Å². The predicted molar refractivity (Wildman–Crippen MR) is 243 cm³/mol. The van der Waals surface area contributed by atoms with Crippen LogP contribution in [0.15, 0.2) is 200 Å². The first-order valence-electron chi connectivity index (χ1n) is 20.0. The third-order valence-corrected chi connectivity index (χ3v) is 12.1. The number of para-hydroxylation sites is 4. The zero-order valence-corrected chi connectivity index (χ0v) is 31.9. The number of anilines is 9. The quantitative estimate of drug-likeness (QED) is 0.164.